The first-order valence-electron chi connectivity index (χ1n) is 7.21. The highest BCUT2D eigenvalue weighted by Gasteiger charge is 2.27. The minimum Gasteiger partial charge on any atom is -0.493 e. The van der Waals surface area contributed by atoms with Crippen LogP contribution >= 0.6 is 11.8 Å². The van der Waals surface area contributed by atoms with E-state index >= 15 is 0 Å². The summed E-state index contributed by atoms with van der Waals surface area (Å²) in [7, 11) is 3.31. The SMILES string of the molecule is CCS[C@H]1CCC[C@@H]1NCc1nccc(OC)c1OC. The van der Waals surface area contributed by atoms with E-state index in [1.54, 1.807) is 20.4 Å². The highest BCUT2D eigenvalue weighted by atomic mass is 32.2. The van der Waals surface area contributed by atoms with Gasteiger partial charge in [0.2, 0.25) is 0 Å². The molecule has 1 heterocycles. The quantitative estimate of drug-likeness (QED) is 0.838. The fourth-order valence-electron chi connectivity index (χ4n) is 2.78. The van der Waals surface area contributed by atoms with Crippen LogP contribution < -0.4 is 14.8 Å². The molecule has 0 aliphatic heterocycles. The van der Waals surface area contributed by atoms with Gasteiger partial charge in [-0.3, -0.25) is 4.98 Å². The molecule has 0 unspecified atom stereocenters. The molecule has 2 atom stereocenters. The minimum atomic E-state index is 0.581. The molecule has 1 saturated carbocycles. The van der Waals surface area contributed by atoms with Crippen LogP contribution in [0, 0.1) is 0 Å². The number of hydrogen-bond acceptors (Lipinski definition) is 5. The molecule has 0 aromatic carbocycles. The van der Waals surface area contributed by atoms with Crippen molar-refractivity contribution in [2.24, 2.45) is 0 Å². The summed E-state index contributed by atoms with van der Waals surface area (Å²) in [5.41, 5.74) is 0.916. The van der Waals surface area contributed by atoms with Gasteiger partial charge in [-0.15, -0.1) is 0 Å². The Morgan fingerprint density at radius 1 is 1.35 bits per heavy atom. The van der Waals surface area contributed by atoms with Gasteiger partial charge in [-0.25, -0.2) is 0 Å². The normalized spacial score (nSPS) is 21.9. The highest BCUT2D eigenvalue weighted by Crippen LogP contribution is 2.32. The first kappa shape index (κ1) is 15.4. The molecule has 1 aliphatic rings. The molecule has 5 heteroatoms. The molecule has 1 aliphatic carbocycles. The number of nitrogens with one attached hydrogen (secondary N) is 1. The molecule has 0 saturated heterocycles. The summed E-state index contributed by atoms with van der Waals surface area (Å²) in [4.78, 5) is 4.42. The standard InChI is InChI=1S/C15H24N2O2S/c1-4-20-14-7-5-6-11(14)17-10-12-15(19-3)13(18-2)8-9-16-12/h8-9,11,14,17H,4-7,10H2,1-3H3/t11-,14-/m0/s1. The zero-order chi connectivity index (χ0) is 14.4. The number of ether oxygens (including phenoxy) is 2. The van der Waals surface area contributed by atoms with Crippen LogP contribution in [0.5, 0.6) is 11.5 Å². The van der Waals surface area contributed by atoms with Crippen LogP contribution in [-0.2, 0) is 6.54 Å². The predicted molar refractivity (Wildman–Crippen MR) is 83.7 cm³/mol. The van der Waals surface area contributed by atoms with Gasteiger partial charge in [0.1, 0.15) is 0 Å². The third-order valence-corrected chi connectivity index (χ3v) is 5.06. The number of nitrogens with zero attached hydrogens (tertiary/aromatic N) is 1. The van der Waals surface area contributed by atoms with Gasteiger partial charge in [-0.2, -0.15) is 11.8 Å². The smallest absolute Gasteiger partial charge is 0.183 e. The fraction of sp³-hybridized carbons (Fsp3) is 0.667. The number of aromatic nitrogens is 1. The number of rotatable bonds is 7. The van der Waals surface area contributed by atoms with Crippen molar-refractivity contribution in [1.29, 1.82) is 0 Å². The summed E-state index contributed by atoms with van der Waals surface area (Å²) in [5, 5.41) is 4.37. The fourth-order valence-corrected chi connectivity index (χ4v) is 4.00. The highest BCUT2D eigenvalue weighted by molar-refractivity contribution is 7.99. The predicted octanol–water partition coefficient (Wildman–Crippen LogP) is 2.86. The first-order chi connectivity index (χ1) is 9.80. The van der Waals surface area contributed by atoms with Gasteiger partial charge < -0.3 is 14.8 Å². The van der Waals surface area contributed by atoms with Crippen LogP contribution in [0.2, 0.25) is 0 Å². The van der Waals surface area contributed by atoms with Crippen molar-refractivity contribution in [3.63, 3.8) is 0 Å². The largest absolute Gasteiger partial charge is 0.493 e. The lowest BCUT2D eigenvalue weighted by Gasteiger charge is -2.20. The van der Waals surface area contributed by atoms with Crippen molar-refractivity contribution in [3.05, 3.63) is 18.0 Å². The van der Waals surface area contributed by atoms with Gasteiger partial charge in [-0.05, 0) is 18.6 Å². The van der Waals surface area contributed by atoms with Crippen LogP contribution in [0.4, 0.5) is 0 Å². The van der Waals surface area contributed by atoms with Gasteiger partial charge in [0.25, 0.3) is 0 Å². The molecule has 2 rings (SSSR count). The Bertz CT molecular complexity index is 428. The van der Waals surface area contributed by atoms with Gasteiger partial charge >= 0.3 is 0 Å². The first-order valence-corrected chi connectivity index (χ1v) is 8.25. The Hall–Kier alpha value is -0.940. The van der Waals surface area contributed by atoms with E-state index in [0.717, 1.165) is 29.0 Å². The van der Waals surface area contributed by atoms with Gasteiger partial charge in [0.05, 0.1) is 19.9 Å². The molecule has 1 fully saturated rings. The molecule has 0 bridgehead atoms. The Labute approximate surface area is 125 Å². The van der Waals surface area contributed by atoms with E-state index in [4.69, 9.17) is 9.47 Å². The molecule has 1 N–H and O–H groups in total. The van der Waals surface area contributed by atoms with Gasteiger partial charge in [-0.1, -0.05) is 13.3 Å². The van der Waals surface area contributed by atoms with Crippen molar-refractivity contribution in [2.75, 3.05) is 20.0 Å². The lowest BCUT2D eigenvalue weighted by molar-refractivity contribution is 0.347. The van der Waals surface area contributed by atoms with E-state index < -0.39 is 0 Å². The van der Waals surface area contributed by atoms with Gasteiger partial charge in [0.15, 0.2) is 11.5 Å². The Morgan fingerprint density at radius 2 is 2.20 bits per heavy atom. The van der Waals surface area contributed by atoms with E-state index in [1.165, 1.54) is 25.0 Å². The van der Waals surface area contributed by atoms with Crippen molar-refractivity contribution < 1.29 is 9.47 Å². The molecule has 1 aromatic heterocycles. The summed E-state index contributed by atoms with van der Waals surface area (Å²) in [6.07, 6.45) is 5.66. The molecule has 4 nitrogen and oxygen atoms in total. The Morgan fingerprint density at radius 3 is 2.90 bits per heavy atom. The average molecular weight is 296 g/mol. The zero-order valence-electron chi connectivity index (χ0n) is 12.5. The third-order valence-electron chi connectivity index (χ3n) is 3.73. The molecule has 0 amide bonds. The summed E-state index contributed by atoms with van der Waals surface area (Å²) < 4.78 is 10.7. The molecular formula is C15H24N2O2S. The third kappa shape index (κ3) is 3.58. The van der Waals surface area contributed by atoms with Crippen molar-refractivity contribution in [1.82, 2.24) is 10.3 Å². The molecule has 1 aromatic rings. The second kappa shape index (κ2) is 7.74. The number of thioether (sulfide) groups is 1. The topological polar surface area (TPSA) is 43.4 Å². The lowest BCUT2D eigenvalue weighted by Crippen LogP contribution is -2.34. The maximum Gasteiger partial charge on any atom is 0.183 e. The van der Waals surface area contributed by atoms with E-state index in [9.17, 15) is 0 Å². The molecule has 0 spiro atoms. The summed E-state index contributed by atoms with van der Waals surface area (Å²) in [6.45, 7) is 2.96. The van der Waals surface area contributed by atoms with E-state index in [-0.39, 0.29) is 0 Å². The van der Waals surface area contributed by atoms with Crippen molar-refractivity contribution in [2.45, 2.75) is 44.0 Å². The van der Waals surface area contributed by atoms with Crippen molar-refractivity contribution in [3.8, 4) is 11.5 Å². The molecule has 20 heavy (non-hydrogen) atoms. The second-order valence-corrected chi connectivity index (χ2v) is 6.42. The molecular weight excluding hydrogens is 272 g/mol. The van der Waals surface area contributed by atoms with Crippen LogP contribution in [0.3, 0.4) is 0 Å². The zero-order valence-corrected chi connectivity index (χ0v) is 13.3. The van der Waals surface area contributed by atoms with Crippen LogP contribution in [-0.4, -0.2) is 36.2 Å². The Balaban J connectivity index is 2.00. The Kier molecular flexibility index (Phi) is 5.98. The number of methoxy groups -OCH3 is 2. The monoisotopic (exact) mass is 296 g/mol. The summed E-state index contributed by atoms with van der Waals surface area (Å²) in [5.74, 6) is 2.66. The van der Waals surface area contributed by atoms with Gasteiger partial charge in [0, 0.05) is 30.1 Å². The summed E-state index contributed by atoms with van der Waals surface area (Å²) in [6, 6.07) is 2.41. The van der Waals surface area contributed by atoms with Crippen LogP contribution in [0.1, 0.15) is 31.9 Å². The molecule has 112 valence electrons. The van der Waals surface area contributed by atoms with E-state index in [0.29, 0.717) is 6.04 Å². The van der Waals surface area contributed by atoms with Crippen LogP contribution in [0.15, 0.2) is 12.3 Å². The second-order valence-electron chi connectivity index (χ2n) is 4.91. The van der Waals surface area contributed by atoms with E-state index in [2.05, 4.69) is 29.0 Å². The maximum atomic E-state index is 5.42. The number of hydrogen-bond donors (Lipinski definition) is 1. The maximum absolute atomic E-state index is 5.42. The van der Waals surface area contributed by atoms with Crippen LogP contribution in [0.25, 0.3) is 0 Å². The minimum absolute atomic E-state index is 0.581. The van der Waals surface area contributed by atoms with Crippen molar-refractivity contribution >= 4 is 11.8 Å². The lowest BCUT2D eigenvalue weighted by atomic mass is 10.2. The molecule has 0 radical (unpaired) electrons. The average Bonchev–Trinajstić information content (AvgIpc) is 2.92. The number of pyridine rings is 1. The summed E-state index contributed by atoms with van der Waals surface area (Å²) >= 11 is 2.06. The van der Waals surface area contributed by atoms with E-state index in [1.807, 2.05) is 6.07 Å².